The van der Waals surface area contributed by atoms with Crippen molar-refractivity contribution in [2.45, 2.75) is 0 Å². The summed E-state index contributed by atoms with van der Waals surface area (Å²) >= 11 is 3.26. The number of hydrogen-bond acceptors (Lipinski definition) is 5. The van der Waals surface area contributed by atoms with Gasteiger partial charge in [0.15, 0.2) is 6.61 Å². The van der Waals surface area contributed by atoms with Gasteiger partial charge >= 0.3 is 5.97 Å². The molecule has 0 aliphatic heterocycles. The molecule has 2 amide bonds. The van der Waals surface area contributed by atoms with Gasteiger partial charge in [0.05, 0.1) is 10.4 Å². The summed E-state index contributed by atoms with van der Waals surface area (Å²) in [5.41, 5.74) is 4.81. The molecule has 0 saturated heterocycles. The Balaban J connectivity index is 1.77. The van der Waals surface area contributed by atoms with Crippen LogP contribution < -0.4 is 10.9 Å². The standard InChI is InChI=1S/C14H11IN2O4S/c15-10-5-2-1-4-9(10)14(20)21-8-12(18)16-17-13(19)11-6-3-7-22-11/h1-7H,8H2,(H,16,18)(H,17,19). The van der Waals surface area contributed by atoms with Crippen molar-refractivity contribution < 1.29 is 19.1 Å². The number of esters is 1. The Morgan fingerprint density at radius 2 is 1.86 bits per heavy atom. The Labute approximate surface area is 144 Å². The largest absolute Gasteiger partial charge is 0.452 e. The number of hydrogen-bond donors (Lipinski definition) is 2. The molecule has 0 bridgehead atoms. The number of carbonyl (C=O) groups excluding carboxylic acids is 3. The summed E-state index contributed by atoms with van der Waals surface area (Å²) in [5, 5.41) is 1.75. The summed E-state index contributed by atoms with van der Waals surface area (Å²) in [7, 11) is 0. The second-order valence-corrected chi connectivity index (χ2v) is 6.15. The molecule has 0 unspecified atom stereocenters. The monoisotopic (exact) mass is 430 g/mol. The van der Waals surface area contributed by atoms with E-state index in [0.29, 0.717) is 10.4 Å². The molecule has 0 saturated carbocycles. The molecule has 22 heavy (non-hydrogen) atoms. The summed E-state index contributed by atoms with van der Waals surface area (Å²) in [6.45, 7) is -0.478. The quantitative estimate of drug-likeness (QED) is 0.442. The van der Waals surface area contributed by atoms with Crippen LogP contribution in [0.15, 0.2) is 41.8 Å². The second kappa shape index (κ2) is 7.90. The summed E-state index contributed by atoms with van der Waals surface area (Å²) in [6, 6.07) is 10.2. The van der Waals surface area contributed by atoms with E-state index in [2.05, 4.69) is 10.9 Å². The minimum atomic E-state index is -0.621. The van der Waals surface area contributed by atoms with Gasteiger partial charge in [-0.15, -0.1) is 11.3 Å². The van der Waals surface area contributed by atoms with Gasteiger partial charge in [0, 0.05) is 3.57 Å². The first-order valence-electron chi connectivity index (χ1n) is 6.12. The van der Waals surface area contributed by atoms with E-state index in [9.17, 15) is 14.4 Å². The number of rotatable bonds is 4. The third-order valence-electron chi connectivity index (χ3n) is 2.49. The first-order valence-corrected chi connectivity index (χ1v) is 8.08. The van der Waals surface area contributed by atoms with Crippen LogP contribution in [-0.2, 0) is 9.53 Å². The highest BCUT2D eigenvalue weighted by molar-refractivity contribution is 14.1. The van der Waals surface area contributed by atoms with Gasteiger partial charge in [0.2, 0.25) is 0 Å². The van der Waals surface area contributed by atoms with Gasteiger partial charge in [0.1, 0.15) is 0 Å². The Bertz CT molecular complexity index is 688. The van der Waals surface area contributed by atoms with Gasteiger partial charge < -0.3 is 4.74 Å². The van der Waals surface area contributed by atoms with E-state index in [1.165, 1.54) is 11.3 Å². The SMILES string of the molecule is O=C(COC(=O)c1ccccc1I)NNC(=O)c1cccs1. The van der Waals surface area contributed by atoms with E-state index in [4.69, 9.17) is 4.74 Å². The number of nitrogens with one attached hydrogen (secondary N) is 2. The molecule has 2 rings (SSSR count). The lowest BCUT2D eigenvalue weighted by Gasteiger charge is -2.08. The van der Waals surface area contributed by atoms with Gasteiger partial charge in [-0.05, 0) is 46.2 Å². The van der Waals surface area contributed by atoms with E-state index < -0.39 is 24.4 Å². The van der Waals surface area contributed by atoms with Crippen LogP contribution in [0.3, 0.4) is 0 Å². The van der Waals surface area contributed by atoms with Gasteiger partial charge in [0.25, 0.3) is 11.8 Å². The molecular formula is C14H11IN2O4S. The predicted molar refractivity (Wildman–Crippen MR) is 89.4 cm³/mol. The van der Waals surface area contributed by atoms with Crippen molar-refractivity contribution in [1.29, 1.82) is 0 Å². The molecule has 1 aromatic heterocycles. The molecular weight excluding hydrogens is 419 g/mol. The van der Waals surface area contributed by atoms with E-state index >= 15 is 0 Å². The maximum atomic E-state index is 11.8. The fourth-order valence-electron chi connectivity index (χ4n) is 1.47. The minimum absolute atomic E-state index is 0.388. The lowest BCUT2D eigenvalue weighted by atomic mass is 10.2. The Kier molecular flexibility index (Phi) is 5.90. The average molecular weight is 430 g/mol. The van der Waals surface area contributed by atoms with Crippen LogP contribution in [0.2, 0.25) is 0 Å². The van der Waals surface area contributed by atoms with Crippen LogP contribution in [-0.4, -0.2) is 24.4 Å². The fraction of sp³-hybridized carbons (Fsp3) is 0.0714. The molecule has 8 heteroatoms. The van der Waals surface area contributed by atoms with Crippen molar-refractivity contribution in [2.75, 3.05) is 6.61 Å². The topological polar surface area (TPSA) is 84.5 Å². The number of halogens is 1. The third kappa shape index (κ3) is 4.53. The molecule has 114 valence electrons. The molecule has 0 atom stereocenters. The van der Waals surface area contributed by atoms with Crippen molar-refractivity contribution in [3.63, 3.8) is 0 Å². The van der Waals surface area contributed by atoms with Gasteiger partial charge in [-0.1, -0.05) is 18.2 Å². The van der Waals surface area contributed by atoms with Crippen LogP contribution in [0.4, 0.5) is 0 Å². The number of amides is 2. The molecule has 0 spiro atoms. The predicted octanol–water partition coefficient (Wildman–Crippen LogP) is 1.97. The molecule has 2 aromatic rings. The maximum Gasteiger partial charge on any atom is 0.339 e. The zero-order valence-electron chi connectivity index (χ0n) is 11.2. The normalized spacial score (nSPS) is 9.86. The van der Waals surface area contributed by atoms with Crippen molar-refractivity contribution in [3.8, 4) is 0 Å². The zero-order valence-corrected chi connectivity index (χ0v) is 14.1. The first-order chi connectivity index (χ1) is 10.6. The van der Waals surface area contributed by atoms with Gasteiger partial charge in [-0.3, -0.25) is 20.4 Å². The molecule has 0 fully saturated rings. The van der Waals surface area contributed by atoms with Crippen molar-refractivity contribution in [2.24, 2.45) is 0 Å². The molecule has 1 heterocycles. The molecule has 2 N–H and O–H groups in total. The van der Waals surface area contributed by atoms with Crippen LogP contribution in [0, 0.1) is 3.57 Å². The first kappa shape index (κ1) is 16.4. The van der Waals surface area contributed by atoms with E-state index in [1.807, 2.05) is 22.6 Å². The van der Waals surface area contributed by atoms with Crippen LogP contribution in [0.5, 0.6) is 0 Å². The van der Waals surface area contributed by atoms with Crippen LogP contribution in [0.1, 0.15) is 20.0 Å². The third-order valence-corrected chi connectivity index (χ3v) is 4.30. The van der Waals surface area contributed by atoms with Gasteiger partial charge in [-0.25, -0.2) is 4.79 Å². The Morgan fingerprint density at radius 1 is 1.09 bits per heavy atom. The molecule has 0 aliphatic carbocycles. The molecule has 1 aromatic carbocycles. The van der Waals surface area contributed by atoms with Crippen molar-refractivity contribution in [3.05, 3.63) is 55.8 Å². The van der Waals surface area contributed by atoms with Crippen molar-refractivity contribution >= 4 is 51.7 Å². The molecule has 0 aliphatic rings. The highest BCUT2D eigenvalue weighted by Gasteiger charge is 2.13. The summed E-state index contributed by atoms with van der Waals surface area (Å²) in [5.74, 6) is -1.64. The molecule has 6 nitrogen and oxygen atoms in total. The van der Waals surface area contributed by atoms with Crippen molar-refractivity contribution in [1.82, 2.24) is 10.9 Å². The minimum Gasteiger partial charge on any atom is -0.452 e. The maximum absolute atomic E-state index is 11.8. The zero-order chi connectivity index (χ0) is 15.9. The van der Waals surface area contributed by atoms with E-state index in [-0.39, 0.29) is 0 Å². The van der Waals surface area contributed by atoms with E-state index in [1.54, 1.807) is 41.8 Å². The van der Waals surface area contributed by atoms with Crippen LogP contribution >= 0.6 is 33.9 Å². The highest BCUT2D eigenvalue weighted by Crippen LogP contribution is 2.12. The Morgan fingerprint density at radius 3 is 2.55 bits per heavy atom. The fourth-order valence-corrected chi connectivity index (χ4v) is 2.69. The Hall–Kier alpha value is -1.94. The van der Waals surface area contributed by atoms with E-state index in [0.717, 1.165) is 3.57 Å². The molecule has 0 radical (unpaired) electrons. The number of hydrazine groups is 1. The van der Waals surface area contributed by atoms with Crippen LogP contribution in [0.25, 0.3) is 0 Å². The number of ether oxygens (including phenoxy) is 1. The number of benzene rings is 1. The number of thiophene rings is 1. The average Bonchev–Trinajstić information content (AvgIpc) is 3.05. The summed E-state index contributed by atoms with van der Waals surface area (Å²) in [4.78, 5) is 35.4. The number of carbonyl (C=O) groups is 3. The summed E-state index contributed by atoms with van der Waals surface area (Å²) in [6.07, 6.45) is 0. The lowest BCUT2D eigenvalue weighted by molar-refractivity contribution is -0.125. The van der Waals surface area contributed by atoms with Gasteiger partial charge in [-0.2, -0.15) is 0 Å². The highest BCUT2D eigenvalue weighted by atomic mass is 127. The second-order valence-electron chi connectivity index (χ2n) is 4.04. The summed E-state index contributed by atoms with van der Waals surface area (Å²) < 4.78 is 5.62. The lowest BCUT2D eigenvalue weighted by Crippen LogP contribution is -2.43. The smallest absolute Gasteiger partial charge is 0.339 e.